The highest BCUT2D eigenvalue weighted by Crippen LogP contribution is 2.31. The average molecular weight is 362 g/mol. The van der Waals surface area contributed by atoms with Crippen LogP contribution < -0.4 is 5.32 Å². The highest BCUT2D eigenvalue weighted by molar-refractivity contribution is 9.10. The lowest BCUT2D eigenvalue weighted by molar-refractivity contribution is 0.694. The van der Waals surface area contributed by atoms with E-state index in [9.17, 15) is 0 Å². The van der Waals surface area contributed by atoms with E-state index < -0.39 is 0 Å². The van der Waals surface area contributed by atoms with Crippen molar-refractivity contribution in [2.24, 2.45) is 0 Å². The summed E-state index contributed by atoms with van der Waals surface area (Å²) in [6, 6.07) is 14.3. The van der Waals surface area contributed by atoms with Gasteiger partial charge < -0.3 is 5.32 Å². The number of nitrogens with zero attached hydrogens (tertiary/aromatic N) is 1. The maximum Gasteiger partial charge on any atom is 0.0596 e. The van der Waals surface area contributed by atoms with Crippen molar-refractivity contribution in [2.75, 3.05) is 7.05 Å². The summed E-state index contributed by atoms with van der Waals surface area (Å²) in [5.41, 5.74) is 2.25. The lowest BCUT2D eigenvalue weighted by atomic mass is 9.96. The maximum atomic E-state index is 6.18. The number of halogens is 2. The van der Waals surface area contributed by atoms with Gasteiger partial charge in [0.05, 0.1) is 6.04 Å². The first kappa shape index (κ1) is 14.5. The summed E-state index contributed by atoms with van der Waals surface area (Å²) in [7, 11) is 1.95. The van der Waals surface area contributed by atoms with Gasteiger partial charge in [-0.1, -0.05) is 51.8 Å². The third-order valence-corrected chi connectivity index (χ3v) is 4.19. The molecule has 0 saturated heterocycles. The van der Waals surface area contributed by atoms with Gasteiger partial charge in [-0.05, 0) is 41.8 Å². The van der Waals surface area contributed by atoms with Crippen molar-refractivity contribution >= 4 is 38.3 Å². The monoisotopic (exact) mass is 360 g/mol. The normalized spacial score (nSPS) is 12.5. The van der Waals surface area contributed by atoms with Crippen LogP contribution in [0.25, 0.3) is 10.8 Å². The van der Waals surface area contributed by atoms with Crippen LogP contribution in [0.5, 0.6) is 0 Å². The molecule has 0 aliphatic carbocycles. The Hall–Kier alpha value is -1.42. The summed E-state index contributed by atoms with van der Waals surface area (Å²) in [5, 5.41) is 6.41. The summed E-state index contributed by atoms with van der Waals surface area (Å²) in [6.45, 7) is 0. The molecule has 2 nitrogen and oxygen atoms in total. The second-order valence-corrected chi connectivity index (χ2v) is 6.23. The summed E-state index contributed by atoms with van der Waals surface area (Å²) in [6.07, 6.45) is 3.80. The molecule has 1 unspecified atom stereocenters. The van der Waals surface area contributed by atoms with Crippen molar-refractivity contribution in [1.29, 1.82) is 0 Å². The highest BCUT2D eigenvalue weighted by atomic mass is 79.9. The molecule has 4 heteroatoms. The quantitative estimate of drug-likeness (QED) is 0.713. The Morgan fingerprint density at radius 3 is 2.71 bits per heavy atom. The molecule has 0 bridgehead atoms. The number of rotatable bonds is 3. The smallest absolute Gasteiger partial charge is 0.0596 e. The topological polar surface area (TPSA) is 24.9 Å². The van der Waals surface area contributed by atoms with E-state index in [1.807, 2.05) is 43.7 Å². The Morgan fingerprint density at radius 1 is 1.14 bits per heavy atom. The predicted molar refractivity (Wildman–Crippen MR) is 91.8 cm³/mol. The zero-order valence-corrected chi connectivity index (χ0v) is 13.8. The van der Waals surface area contributed by atoms with Gasteiger partial charge in [0.2, 0.25) is 0 Å². The Balaban J connectivity index is 2.18. The Bertz CT molecular complexity index is 763. The van der Waals surface area contributed by atoms with Crippen LogP contribution in [0, 0.1) is 0 Å². The summed E-state index contributed by atoms with van der Waals surface area (Å²) in [4.78, 5) is 4.37. The van der Waals surface area contributed by atoms with Gasteiger partial charge in [0.15, 0.2) is 0 Å². The zero-order valence-electron chi connectivity index (χ0n) is 11.5. The van der Waals surface area contributed by atoms with Gasteiger partial charge >= 0.3 is 0 Å². The third kappa shape index (κ3) is 2.95. The highest BCUT2D eigenvalue weighted by Gasteiger charge is 2.16. The molecule has 1 N–H and O–H groups in total. The molecule has 0 radical (unpaired) electrons. The number of pyridine rings is 1. The van der Waals surface area contributed by atoms with E-state index in [0.29, 0.717) is 5.02 Å². The number of benzene rings is 2. The zero-order chi connectivity index (χ0) is 14.8. The first-order valence-electron chi connectivity index (χ1n) is 6.65. The summed E-state index contributed by atoms with van der Waals surface area (Å²) < 4.78 is 0.971. The van der Waals surface area contributed by atoms with E-state index in [2.05, 4.69) is 44.4 Å². The van der Waals surface area contributed by atoms with E-state index >= 15 is 0 Å². The second kappa shape index (κ2) is 6.14. The number of hydrogen-bond acceptors (Lipinski definition) is 2. The van der Waals surface area contributed by atoms with Crippen LogP contribution in [0.15, 0.2) is 59.3 Å². The van der Waals surface area contributed by atoms with Gasteiger partial charge in [-0.3, -0.25) is 4.98 Å². The molecule has 1 heterocycles. The standard InChI is InChI=1S/C17H14BrClN2/c1-20-17(12-6-13(18)8-14(19)7-12)16-10-21-9-11-4-2-3-5-15(11)16/h2-10,17,20H,1H3. The van der Waals surface area contributed by atoms with Gasteiger partial charge in [-0.2, -0.15) is 0 Å². The summed E-state index contributed by atoms with van der Waals surface area (Å²) >= 11 is 9.69. The molecule has 3 rings (SSSR count). The van der Waals surface area contributed by atoms with Crippen molar-refractivity contribution in [1.82, 2.24) is 10.3 Å². The fraction of sp³-hybridized carbons (Fsp3) is 0.118. The van der Waals surface area contributed by atoms with Gasteiger partial charge in [-0.15, -0.1) is 0 Å². The molecular formula is C17H14BrClN2. The van der Waals surface area contributed by atoms with Gasteiger partial charge in [0.25, 0.3) is 0 Å². The van der Waals surface area contributed by atoms with Crippen LogP contribution >= 0.6 is 27.5 Å². The van der Waals surface area contributed by atoms with Gasteiger partial charge in [0.1, 0.15) is 0 Å². The Kier molecular flexibility index (Phi) is 4.24. The molecule has 0 fully saturated rings. The van der Waals surface area contributed by atoms with Crippen LogP contribution in [0.1, 0.15) is 17.2 Å². The van der Waals surface area contributed by atoms with Crippen LogP contribution in [0.4, 0.5) is 0 Å². The summed E-state index contributed by atoms with van der Waals surface area (Å²) in [5.74, 6) is 0. The minimum absolute atomic E-state index is 0.0404. The van der Waals surface area contributed by atoms with Crippen molar-refractivity contribution in [3.63, 3.8) is 0 Å². The van der Waals surface area contributed by atoms with Crippen molar-refractivity contribution in [3.8, 4) is 0 Å². The first-order valence-corrected chi connectivity index (χ1v) is 7.82. The van der Waals surface area contributed by atoms with Crippen molar-refractivity contribution in [2.45, 2.75) is 6.04 Å². The van der Waals surface area contributed by atoms with E-state index in [1.165, 1.54) is 5.39 Å². The predicted octanol–water partition coefficient (Wildman–Crippen LogP) is 4.96. The fourth-order valence-corrected chi connectivity index (χ4v) is 3.50. The molecule has 0 amide bonds. The fourth-order valence-electron chi connectivity index (χ4n) is 2.61. The molecule has 3 aromatic rings. The van der Waals surface area contributed by atoms with E-state index in [0.717, 1.165) is 21.0 Å². The second-order valence-electron chi connectivity index (χ2n) is 4.87. The molecule has 106 valence electrons. The molecule has 21 heavy (non-hydrogen) atoms. The van der Waals surface area contributed by atoms with Crippen LogP contribution in [-0.4, -0.2) is 12.0 Å². The minimum Gasteiger partial charge on any atom is -0.309 e. The molecule has 0 spiro atoms. The van der Waals surface area contributed by atoms with Crippen LogP contribution in [0.2, 0.25) is 5.02 Å². The molecule has 0 aliphatic rings. The molecular weight excluding hydrogens is 348 g/mol. The molecule has 0 aliphatic heterocycles. The largest absolute Gasteiger partial charge is 0.309 e. The van der Waals surface area contributed by atoms with E-state index in [1.54, 1.807) is 0 Å². The SMILES string of the molecule is CNC(c1cc(Cl)cc(Br)c1)c1cncc2ccccc12. The third-order valence-electron chi connectivity index (χ3n) is 3.52. The molecule has 0 saturated carbocycles. The van der Waals surface area contributed by atoms with Crippen molar-refractivity contribution in [3.05, 3.63) is 75.5 Å². The minimum atomic E-state index is 0.0404. The Labute approximate surface area is 137 Å². The lowest BCUT2D eigenvalue weighted by Gasteiger charge is -2.19. The van der Waals surface area contributed by atoms with Gasteiger partial charge in [0, 0.05) is 27.3 Å². The van der Waals surface area contributed by atoms with Crippen LogP contribution in [0.3, 0.4) is 0 Å². The van der Waals surface area contributed by atoms with E-state index in [4.69, 9.17) is 11.6 Å². The van der Waals surface area contributed by atoms with Gasteiger partial charge in [-0.25, -0.2) is 0 Å². The number of nitrogens with one attached hydrogen (secondary N) is 1. The van der Waals surface area contributed by atoms with Crippen LogP contribution in [-0.2, 0) is 0 Å². The molecule has 2 aromatic carbocycles. The number of aromatic nitrogens is 1. The Morgan fingerprint density at radius 2 is 1.95 bits per heavy atom. The number of hydrogen-bond donors (Lipinski definition) is 1. The van der Waals surface area contributed by atoms with Crippen molar-refractivity contribution < 1.29 is 0 Å². The molecule has 1 atom stereocenters. The number of fused-ring (bicyclic) bond motifs is 1. The lowest BCUT2D eigenvalue weighted by Crippen LogP contribution is -2.18. The first-order chi connectivity index (χ1) is 10.2. The van der Waals surface area contributed by atoms with E-state index in [-0.39, 0.29) is 6.04 Å². The average Bonchev–Trinajstić information content (AvgIpc) is 2.47. The molecule has 1 aromatic heterocycles. The maximum absolute atomic E-state index is 6.18.